The van der Waals surface area contributed by atoms with Crippen molar-refractivity contribution in [1.82, 2.24) is 5.32 Å². The number of unbranched alkanes of at least 4 members (excludes halogenated alkanes) is 9. The molecule has 0 aromatic rings. The fourth-order valence-electron chi connectivity index (χ4n) is 3.41. The predicted molar refractivity (Wildman–Crippen MR) is 107 cm³/mol. The number of carbonyl (C=O) groups excluding carboxylic acids is 2. The van der Waals surface area contributed by atoms with Crippen LogP contribution in [0.4, 0.5) is 0 Å². The first-order valence-electron chi connectivity index (χ1n) is 10.9. The van der Waals surface area contributed by atoms with Crippen LogP contribution in [0.25, 0.3) is 0 Å². The zero-order chi connectivity index (χ0) is 18.9. The number of ether oxygens (including phenoxy) is 1. The van der Waals surface area contributed by atoms with Crippen LogP contribution in [-0.2, 0) is 14.3 Å². The molecule has 150 valence electrons. The second kappa shape index (κ2) is 15.9. The monoisotopic (exact) mass is 365 g/mol. The minimum atomic E-state index is -0.397. The Morgan fingerprint density at radius 3 is 2.04 bits per heavy atom. The van der Waals surface area contributed by atoms with Gasteiger partial charge in [0.15, 0.2) is 0 Å². The summed E-state index contributed by atoms with van der Waals surface area (Å²) in [6.45, 7) is 2.93. The van der Waals surface area contributed by atoms with E-state index in [0.717, 1.165) is 38.5 Å². The van der Waals surface area contributed by atoms with Crippen molar-refractivity contribution in [2.75, 3.05) is 6.54 Å². The largest absolute Gasteiger partial charge is 0.459 e. The van der Waals surface area contributed by atoms with Crippen LogP contribution in [0.2, 0.25) is 0 Å². The van der Waals surface area contributed by atoms with Crippen molar-refractivity contribution in [3.63, 3.8) is 0 Å². The van der Waals surface area contributed by atoms with E-state index in [2.05, 4.69) is 12.2 Å². The third-order valence-electron chi connectivity index (χ3n) is 5.04. The average Bonchev–Trinajstić information content (AvgIpc) is 2.65. The van der Waals surface area contributed by atoms with Crippen molar-refractivity contribution in [2.24, 2.45) is 0 Å². The molecule has 0 heterocycles. The van der Waals surface area contributed by atoms with Crippen LogP contribution in [0.5, 0.6) is 0 Å². The number of rotatable bonds is 14. The second-order valence-electron chi connectivity index (χ2n) is 7.50. The predicted octanol–water partition coefficient (Wildman–Crippen LogP) is 5.46. The van der Waals surface area contributed by atoms with Gasteiger partial charge in [-0.25, -0.2) is 4.79 Å². The summed E-state index contributed by atoms with van der Waals surface area (Å²) < 4.78 is 5.35. The third kappa shape index (κ3) is 13.0. The normalized spacial score (nSPS) is 15.3. The highest BCUT2D eigenvalue weighted by molar-refractivity contribution is 5.94. The maximum absolute atomic E-state index is 11.7. The van der Waals surface area contributed by atoms with Crippen LogP contribution in [0.3, 0.4) is 0 Å². The topological polar surface area (TPSA) is 55.4 Å². The highest BCUT2D eigenvalue weighted by atomic mass is 16.5. The van der Waals surface area contributed by atoms with Crippen molar-refractivity contribution in [1.29, 1.82) is 0 Å². The maximum Gasteiger partial charge on any atom is 0.331 e. The molecule has 1 amide bonds. The van der Waals surface area contributed by atoms with Crippen LogP contribution in [0.15, 0.2) is 12.2 Å². The summed E-state index contributed by atoms with van der Waals surface area (Å²) in [5.41, 5.74) is 0. The highest BCUT2D eigenvalue weighted by Gasteiger charge is 2.16. The molecule has 26 heavy (non-hydrogen) atoms. The molecule has 0 bridgehead atoms. The third-order valence-corrected chi connectivity index (χ3v) is 5.04. The fraction of sp³-hybridized carbons (Fsp3) is 0.818. The van der Waals surface area contributed by atoms with Gasteiger partial charge < -0.3 is 10.1 Å². The van der Waals surface area contributed by atoms with Crippen molar-refractivity contribution < 1.29 is 14.3 Å². The highest BCUT2D eigenvalue weighted by Crippen LogP contribution is 2.20. The number of amides is 1. The fourth-order valence-corrected chi connectivity index (χ4v) is 3.41. The summed E-state index contributed by atoms with van der Waals surface area (Å²) in [6, 6.07) is 0. The molecule has 0 aromatic heterocycles. The Balaban J connectivity index is 1.92. The van der Waals surface area contributed by atoms with E-state index in [1.54, 1.807) is 0 Å². The van der Waals surface area contributed by atoms with Gasteiger partial charge >= 0.3 is 5.97 Å². The van der Waals surface area contributed by atoms with Crippen LogP contribution < -0.4 is 5.32 Å². The lowest BCUT2D eigenvalue weighted by Crippen LogP contribution is -2.23. The standard InChI is InChI=1S/C22H39NO3/c1-2-3-4-5-6-7-8-9-10-14-19-23-21(24)17-18-22(25)26-20-15-12-11-13-16-20/h17-18,20H,2-16,19H2,1H3,(H,23,24)/b18-17-. The minimum Gasteiger partial charge on any atom is -0.459 e. The molecule has 4 heteroatoms. The summed E-state index contributed by atoms with van der Waals surface area (Å²) in [4.78, 5) is 23.4. The summed E-state index contributed by atoms with van der Waals surface area (Å²) in [7, 11) is 0. The van der Waals surface area contributed by atoms with Crippen LogP contribution in [0.1, 0.15) is 103 Å². The van der Waals surface area contributed by atoms with Crippen molar-refractivity contribution >= 4 is 11.9 Å². The van der Waals surface area contributed by atoms with E-state index >= 15 is 0 Å². The van der Waals surface area contributed by atoms with Gasteiger partial charge in [-0.1, -0.05) is 71.1 Å². The second-order valence-corrected chi connectivity index (χ2v) is 7.50. The quantitative estimate of drug-likeness (QED) is 0.253. The van der Waals surface area contributed by atoms with Gasteiger partial charge in [0.05, 0.1) is 0 Å². The first-order chi connectivity index (χ1) is 12.7. The van der Waals surface area contributed by atoms with Gasteiger partial charge in [0, 0.05) is 18.7 Å². The molecule has 0 saturated heterocycles. The zero-order valence-electron chi connectivity index (χ0n) is 16.8. The smallest absolute Gasteiger partial charge is 0.331 e. The first-order valence-corrected chi connectivity index (χ1v) is 10.9. The van der Waals surface area contributed by atoms with Gasteiger partial charge in [0.2, 0.25) is 5.91 Å². The number of nitrogens with one attached hydrogen (secondary N) is 1. The molecule has 0 unspecified atom stereocenters. The Hall–Kier alpha value is -1.32. The van der Waals surface area contributed by atoms with E-state index in [0.29, 0.717) is 6.54 Å². The molecule has 1 N–H and O–H groups in total. The Labute approximate surface area is 160 Å². The van der Waals surface area contributed by atoms with E-state index in [9.17, 15) is 9.59 Å². The van der Waals surface area contributed by atoms with Gasteiger partial charge in [-0.15, -0.1) is 0 Å². The summed E-state index contributed by atoms with van der Waals surface area (Å²) >= 11 is 0. The lowest BCUT2D eigenvalue weighted by atomic mass is 9.98. The number of hydrogen-bond acceptors (Lipinski definition) is 3. The molecule has 1 saturated carbocycles. The molecule has 1 fully saturated rings. The van der Waals surface area contributed by atoms with E-state index in [4.69, 9.17) is 4.74 Å². The Kier molecular flexibility index (Phi) is 13.9. The van der Waals surface area contributed by atoms with Gasteiger partial charge in [0.1, 0.15) is 6.10 Å². The van der Waals surface area contributed by atoms with Crippen molar-refractivity contribution in [2.45, 2.75) is 109 Å². The van der Waals surface area contributed by atoms with Crippen molar-refractivity contribution in [3.05, 3.63) is 12.2 Å². The molecule has 4 nitrogen and oxygen atoms in total. The molecule has 1 aliphatic carbocycles. The SMILES string of the molecule is CCCCCCCCCCCCNC(=O)/C=C\C(=O)OC1CCCCC1. The first kappa shape index (κ1) is 22.7. The van der Waals surface area contributed by atoms with E-state index in [1.165, 1.54) is 69.9 Å². The molecule has 1 aliphatic rings. The summed E-state index contributed by atoms with van der Waals surface area (Å²) in [5, 5.41) is 2.83. The number of carbonyl (C=O) groups is 2. The summed E-state index contributed by atoms with van der Waals surface area (Å²) in [5.74, 6) is -0.604. The van der Waals surface area contributed by atoms with E-state index in [1.807, 2.05) is 0 Å². The summed E-state index contributed by atoms with van der Waals surface area (Å²) in [6.07, 6.45) is 20.8. The molecular formula is C22H39NO3. The van der Waals surface area contributed by atoms with Crippen LogP contribution >= 0.6 is 0 Å². The number of hydrogen-bond donors (Lipinski definition) is 1. The zero-order valence-corrected chi connectivity index (χ0v) is 16.8. The Bertz CT molecular complexity index is 400. The van der Waals surface area contributed by atoms with Crippen LogP contribution in [-0.4, -0.2) is 24.5 Å². The lowest BCUT2D eigenvalue weighted by molar-refractivity contribution is -0.144. The van der Waals surface area contributed by atoms with E-state index < -0.39 is 5.97 Å². The minimum absolute atomic E-state index is 0.0376. The maximum atomic E-state index is 11.7. The molecule has 0 radical (unpaired) electrons. The lowest BCUT2D eigenvalue weighted by Gasteiger charge is -2.20. The molecule has 0 aliphatic heterocycles. The Morgan fingerprint density at radius 2 is 1.42 bits per heavy atom. The van der Waals surface area contributed by atoms with Crippen molar-refractivity contribution in [3.8, 4) is 0 Å². The molecule has 1 rings (SSSR count). The molecule has 0 spiro atoms. The van der Waals surface area contributed by atoms with E-state index in [-0.39, 0.29) is 12.0 Å². The van der Waals surface area contributed by atoms with Gasteiger partial charge in [0.25, 0.3) is 0 Å². The van der Waals surface area contributed by atoms with Gasteiger partial charge in [-0.3, -0.25) is 4.79 Å². The number of esters is 1. The average molecular weight is 366 g/mol. The Morgan fingerprint density at radius 1 is 0.846 bits per heavy atom. The van der Waals surface area contributed by atoms with Gasteiger partial charge in [-0.05, 0) is 32.1 Å². The van der Waals surface area contributed by atoms with Crippen LogP contribution in [0, 0.1) is 0 Å². The molecule has 0 atom stereocenters. The van der Waals surface area contributed by atoms with Gasteiger partial charge in [-0.2, -0.15) is 0 Å². The molecule has 0 aromatic carbocycles. The molecular weight excluding hydrogens is 326 g/mol.